The normalized spacial score (nSPS) is 18.6. The summed E-state index contributed by atoms with van der Waals surface area (Å²) in [5.74, 6) is 0. The smallest absolute Gasteiger partial charge is 0.106 e. The SMILES string of the molecule is C=O.CNC1C(C)=CC(C)=C(Br)N1/C=C/CCCCCN. The Hall–Kier alpha value is -0.910. The largest absolute Gasteiger partial charge is 0.330 e. The number of allylic oxidation sites excluding steroid dienone is 3. The predicted octanol–water partition coefficient (Wildman–Crippen LogP) is 3.27. The van der Waals surface area contributed by atoms with E-state index >= 15 is 0 Å². The molecule has 4 nitrogen and oxygen atoms in total. The third kappa shape index (κ3) is 6.59. The molecule has 1 aliphatic rings. The Kier molecular flexibility index (Phi) is 11.2. The lowest BCUT2D eigenvalue weighted by molar-refractivity contribution is -0.0979. The lowest BCUT2D eigenvalue weighted by Gasteiger charge is -2.34. The maximum absolute atomic E-state index is 8.00. The maximum Gasteiger partial charge on any atom is 0.106 e. The lowest BCUT2D eigenvalue weighted by Crippen LogP contribution is -2.42. The van der Waals surface area contributed by atoms with Gasteiger partial charge in [-0.2, -0.15) is 0 Å². The number of rotatable bonds is 7. The molecule has 1 heterocycles. The molecule has 0 amide bonds. The zero-order valence-corrected chi connectivity index (χ0v) is 14.9. The fourth-order valence-corrected chi connectivity index (χ4v) is 2.74. The van der Waals surface area contributed by atoms with Crippen LogP contribution in [0.1, 0.15) is 39.5 Å². The van der Waals surface area contributed by atoms with E-state index in [2.05, 4.69) is 58.3 Å². The summed E-state index contributed by atoms with van der Waals surface area (Å²) in [6, 6.07) is 0. The first kappa shape index (κ1) is 20.1. The molecule has 0 spiro atoms. The Morgan fingerprint density at radius 3 is 2.62 bits per heavy atom. The molecule has 0 aromatic carbocycles. The number of unbranched alkanes of at least 4 members (excludes halogenated alkanes) is 3. The number of hydrogen-bond acceptors (Lipinski definition) is 4. The lowest BCUT2D eigenvalue weighted by atomic mass is 10.1. The fraction of sp³-hybridized carbons (Fsp3) is 0.562. The quantitative estimate of drug-likeness (QED) is 0.542. The van der Waals surface area contributed by atoms with Crippen LogP contribution < -0.4 is 11.1 Å². The van der Waals surface area contributed by atoms with Gasteiger partial charge >= 0.3 is 0 Å². The van der Waals surface area contributed by atoms with E-state index in [0.29, 0.717) is 0 Å². The Morgan fingerprint density at radius 2 is 2.05 bits per heavy atom. The van der Waals surface area contributed by atoms with E-state index in [0.717, 1.165) is 24.0 Å². The summed E-state index contributed by atoms with van der Waals surface area (Å²) in [6.07, 6.45) is 11.5. The van der Waals surface area contributed by atoms with Gasteiger partial charge in [0.15, 0.2) is 0 Å². The van der Waals surface area contributed by atoms with Crippen molar-refractivity contribution in [3.05, 3.63) is 34.1 Å². The minimum Gasteiger partial charge on any atom is -0.330 e. The van der Waals surface area contributed by atoms with Crippen LogP contribution in [0.4, 0.5) is 0 Å². The number of likely N-dealkylation sites (N-methyl/N-ethyl adjacent to an activating group) is 1. The van der Waals surface area contributed by atoms with Crippen LogP contribution in [0.3, 0.4) is 0 Å². The number of carbonyl (C=O) groups is 1. The van der Waals surface area contributed by atoms with E-state index in [9.17, 15) is 0 Å². The standard InChI is InChI=1S/C15H26BrN3.CH2O/c1-12-11-13(2)15(18-3)19(14(12)16)10-8-6-4-5-7-9-17;1-2/h8,10-11,15,18H,4-7,9,17H2,1-3H3;1H2/b10-8+;. The number of nitrogens with two attached hydrogens (primary N) is 1. The summed E-state index contributed by atoms with van der Waals surface area (Å²) in [6.45, 7) is 7.09. The molecule has 0 aromatic heterocycles. The number of nitrogens with one attached hydrogen (secondary N) is 1. The maximum atomic E-state index is 8.00. The van der Waals surface area contributed by atoms with Crippen LogP contribution in [0, 0.1) is 0 Å². The molecule has 0 aromatic rings. The monoisotopic (exact) mass is 357 g/mol. The molecule has 0 fully saturated rings. The van der Waals surface area contributed by atoms with Gasteiger partial charge in [-0.1, -0.05) is 18.6 Å². The highest BCUT2D eigenvalue weighted by atomic mass is 79.9. The van der Waals surface area contributed by atoms with E-state index in [1.54, 1.807) is 0 Å². The van der Waals surface area contributed by atoms with Crippen molar-refractivity contribution in [2.45, 2.75) is 45.7 Å². The third-order valence-electron chi connectivity index (χ3n) is 3.32. The van der Waals surface area contributed by atoms with Crippen LogP contribution >= 0.6 is 15.9 Å². The summed E-state index contributed by atoms with van der Waals surface area (Å²) in [7, 11) is 1.99. The van der Waals surface area contributed by atoms with Gasteiger partial charge in [0.2, 0.25) is 0 Å². The van der Waals surface area contributed by atoms with E-state index in [1.165, 1.54) is 24.0 Å². The number of nitrogens with zero attached hydrogens (tertiary/aromatic N) is 1. The highest BCUT2D eigenvalue weighted by molar-refractivity contribution is 9.11. The summed E-state index contributed by atoms with van der Waals surface area (Å²) >= 11 is 3.68. The molecule has 0 saturated carbocycles. The second-order valence-corrected chi connectivity index (χ2v) is 5.73. The fourth-order valence-electron chi connectivity index (χ4n) is 2.31. The molecule has 5 heteroatoms. The van der Waals surface area contributed by atoms with Crippen LogP contribution in [-0.2, 0) is 4.79 Å². The van der Waals surface area contributed by atoms with Gasteiger partial charge in [-0.05, 0) is 73.8 Å². The molecule has 0 saturated heterocycles. The van der Waals surface area contributed by atoms with Crippen molar-refractivity contribution in [2.75, 3.05) is 13.6 Å². The van der Waals surface area contributed by atoms with Crippen molar-refractivity contribution >= 4 is 22.7 Å². The van der Waals surface area contributed by atoms with Crippen LogP contribution in [0.15, 0.2) is 34.1 Å². The van der Waals surface area contributed by atoms with Gasteiger partial charge in [0.25, 0.3) is 0 Å². The van der Waals surface area contributed by atoms with Gasteiger partial charge in [-0.25, -0.2) is 0 Å². The highest BCUT2D eigenvalue weighted by Crippen LogP contribution is 2.29. The van der Waals surface area contributed by atoms with Crippen molar-refractivity contribution in [3.8, 4) is 0 Å². The average Bonchev–Trinajstić information content (AvgIpc) is 2.49. The Morgan fingerprint density at radius 1 is 1.38 bits per heavy atom. The summed E-state index contributed by atoms with van der Waals surface area (Å²) < 4.78 is 1.13. The first-order valence-corrected chi connectivity index (χ1v) is 8.07. The van der Waals surface area contributed by atoms with Crippen LogP contribution in [0.25, 0.3) is 0 Å². The van der Waals surface area contributed by atoms with Crippen LogP contribution in [0.2, 0.25) is 0 Å². The van der Waals surface area contributed by atoms with E-state index in [-0.39, 0.29) is 6.17 Å². The first-order valence-electron chi connectivity index (χ1n) is 7.27. The van der Waals surface area contributed by atoms with Gasteiger partial charge in [-0.3, -0.25) is 5.32 Å². The second kappa shape index (κ2) is 11.7. The van der Waals surface area contributed by atoms with Crippen molar-refractivity contribution in [1.29, 1.82) is 0 Å². The second-order valence-electron chi connectivity index (χ2n) is 4.98. The van der Waals surface area contributed by atoms with Crippen molar-refractivity contribution in [1.82, 2.24) is 10.2 Å². The van der Waals surface area contributed by atoms with Gasteiger partial charge < -0.3 is 15.4 Å². The molecule has 1 aliphatic heterocycles. The number of hydrogen-bond donors (Lipinski definition) is 2. The predicted molar refractivity (Wildman–Crippen MR) is 93.9 cm³/mol. The van der Waals surface area contributed by atoms with Crippen molar-refractivity contribution in [2.24, 2.45) is 5.73 Å². The van der Waals surface area contributed by atoms with E-state index in [1.807, 2.05) is 13.8 Å². The molecular weight excluding hydrogens is 330 g/mol. The van der Waals surface area contributed by atoms with Gasteiger partial charge in [0.1, 0.15) is 13.0 Å². The molecule has 1 unspecified atom stereocenters. The summed E-state index contributed by atoms with van der Waals surface area (Å²) in [5, 5.41) is 3.34. The molecule has 1 atom stereocenters. The molecule has 21 heavy (non-hydrogen) atoms. The molecule has 0 aliphatic carbocycles. The van der Waals surface area contributed by atoms with Gasteiger partial charge in [-0.15, -0.1) is 0 Å². The highest BCUT2D eigenvalue weighted by Gasteiger charge is 2.22. The molecular formula is C16H28BrN3O. The molecule has 0 bridgehead atoms. The molecule has 120 valence electrons. The van der Waals surface area contributed by atoms with E-state index in [4.69, 9.17) is 10.5 Å². The Balaban J connectivity index is 0.00000191. The minimum absolute atomic E-state index is 0.235. The van der Waals surface area contributed by atoms with Crippen molar-refractivity contribution < 1.29 is 4.79 Å². The minimum atomic E-state index is 0.235. The van der Waals surface area contributed by atoms with Gasteiger partial charge in [0.05, 0.1) is 4.61 Å². The Labute approximate surface area is 137 Å². The molecule has 1 rings (SSSR count). The summed E-state index contributed by atoms with van der Waals surface area (Å²) in [5.41, 5.74) is 8.08. The van der Waals surface area contributed by atoms with Crippen molar-refractivity contribution in [3.63, 3.8) is 0 Å². The summed E-state index contributed by atoms with van der Waals surface area (Å²) in [4.78, 5) is 10.2. The van der Waals surface area contributed by atoms with Crippen LogP contribution in [-0.4, -0.2) is 31.4 Å². The van der Waals surface area contributed by atoms with E-state index < -0.39 is 0 Å². The molecule has 0 radical (unpaired) electrons. The number of halogens is 1. The van der Waals surface area contributed by atoms with Crippen LogP contribution in [0.5, 0.6) is 0 Å². The topological polar surface area (TPSA) is 58.4 Å². The first-order chi connectivity index (χ1) is 10.1. The third-order valence-corrected chi connectivity index (χ3v) is 4.36. The zero-order chi connectivity index (χ0) is 16.3. The zero-order valence-electron chi connectivity index (χ0n) is 13.4. The van der Waals surface area contributed by atoms with Gasteiger partial charge in [0, 0.05) is 6.20 Å². The average molecular weight is 358 g/mol. The molecule has 3 N–H and O–H groups in total. The Bertz CT molecular complexity index is 391. The number of carbonyl (C=O) groups excluding carboxylic acids is 1.